The Bertz CT molecular complexity index is 1150. The van der Waals surface area contributed by atoms with E-state index in [0.717, 1.165) is 29.7 Å². The fourth-order valence-corrected chi connectivity index (χ4v) is 7.38. The van der Waals surface area contributed by atoms with Gasteiger partial charge in [-0.1, -0.05) is 36.1 Å². The van der Waals surface area contributed by atoms with Gasteiger partial charge in [0.25, 0.3) is 0 Å². The van der Waals surface area contributed by atoms with Crippen molar-refractivity contribution < 1.29 is 24.2 Å². The van der Waals surface area contributed by atoms with E-state index >= 15 is 0 Å². The van der Waals surface area contributed by atoms with Gasteiger partial charge < -0.3 is 14.6 Å². The number of para-hydroxylation sites is 1. The first-order chi connectivity index (χ1) is 17.4. The van der Waals surface area contributed by atoms with Gasteiger partial charge in [0.2, 0.25) is 0 Å². The lowest BCUT2D eigenvalue weighted by Gasteiger charge is -2.59. The number of carbonyl (C=O) groups is 2. The van der Waals surface area contributed by atoms with Crippen LogP contribution in [-0.2, 0) is 9.53 Å². The third kappa shape index (κ3) is 5.28. The Hall–Kier alpha value is -3.26. The van der Waals surface area contributed by atoms with Gasteiger partial charge in [-0.15, -0.1) is 0 Å². The number of benzene rings is 2. The van der Waals surface area contributed by atoms with Crippen molar-refractivity contribution in [2.24, 2.45) is 29.1 Å². The summed E-state index contributed by atoms with van der Waals surface area (Å²) in [7, 11) is 0. The van der Waals surface area contributed by atoms with Crippen molar-refractivity contribution in [1.82, 2.24) is 0 Å². The topological polar surface area (TPSA) is 72.8 Å². The molecule has 4 aliphatic carbocycles. The number of carboxylic acid groups (broad SMARTS) is 1. The maximum absolute atomic E-state index is 11.7. The molecule has 0 amide bonds. The molecule has 0 radical (unpaired) electrons. The number of carbonyl (C=O) groups excluding carboxylic acids is 1. The minimum Gasteiger partial charge on any atom is -0.492 e. The molecule has 4 saturated carbocycles. The molecule has 5 heteroatoms. The molecular weight excluding hydrogens is 452 g/mol. The quantitative estimate of drug-likeness (QED) is 0.369. The molecular formula is C31H34O5. The van der Waals surface area contributed by atoms with E-state index in [1.54, 1.807) is 24.3 Å². The molecule has 2 aromatic carbocycles. The molecule has 5 nitrogen and oxygen atoms in total. The first-order valence-electron chi connectivity index (χ1n) is 13.1. The second-order valence-corrected chi connectivity index (χ2v) is 11.0. The Morgan fingerprint density at radius 2 is 1.53 bits per heavy atom. The van der Waals surface area contributed by atoms with Crippen LogP contribution in [-0.4, -0.2) is 30.3 Å². The fraction of sp³-hybridized carbons (Fsp3) is 0.484. The van der Waals surface area contributed by atoms with Crippen molar-refractivity contribution >= 4 is 11.9 Å². The predicted octanol–water partition coefficient (Wildman–Crippen LogP) is 5.95. The molecule has 0 aliphatic heterocycles. The summed E-state index contributed by atoms with van der Waals surface area (Å²) in [5.74, 6) is 8.40. The summed E-state index contributed by atoms with van der Waals surface area (Å²) in [6.07, 6.45) is 8.76. The van der Waals surface area contributed by atoms with Crippen LogP contribution in [0.4, 0.5) is 0 Å². The highest BCUT2D eigenvalue weighted by Crippen LogP contribution is 2.63. The molecule has 1 N–H and O–H groups in total. The van der Waals surface area contributed by atoms with Gasteiger partial charge in [-0.3, -0.25) is 4.79 Å². The summed E-state index contributed by atoms with van der Waals surface area (Å²) in [6.45, 7) is 2.49. The first kappa shape index (κ1) is 24.4. The Morgan fingerprint density at radius 3 is 2.17 bits per heavy atom. The molecule has 6 rings (SSSR count). The maximum atomic E-state index is 11.7. The van der Waals surface area contributed by atoms with Crippen LogP contribution in [0.2, 0.25) is 0 Å². The van der Waals surface area contributed by atoms with Crippen LogP contribution in [0, 0.1) is 40.9 Å². The van der Waals surface area contributed by atoms with E-state index in [4.69, 9.17) is 9.47 Å². The van der Waals surface area contributed by atoms with Gasteiger partial charge in [-0.05, 0) is 92.4 Å². The van der Waals surface area contributed by atoms with E-state index in [-0.39, 0.29) is 16.9 Å². The van der Waals surface area contributed by atoms with Crippen molar-refractivity contribution in [2.75, 3.05) is 13.2 Å². The number of esters is 1. The summed E-state index contributed by atoms with van der Waals surface area (Å²) in [6, 6.07) is 14.4. The van der Waals surface area contributed by atoms with Gasteiger partial charge in [-0.2, -0.15) is 0 Å². The molecule has 1 atom stereocenters. The number of rotatable bonds is 8. The molecule has 36 heavy (non-hydrogen) atoms. The van der Waals surface area contributed by atoms with Gasteiger partial charge in [0.1, 0.15) is 5.75 Å². The molecule has 4 fully saturated rings. The standard InChI is InChI=1S/C31H34O5/c1-21(32)36-20-27(31-17-22-14-23(18-31)16-24(15-22)19-31)12-13-35-29-9-5-3-7-26(29)11-10-25-6-2-4-8-28(25)30(33)34/h2-9,22-24,27H,12-20H2,1H3,(H,33,34). The Morgan fingerprint density at radius 1 is 0.944 bits per heavy atom. The van der Waals surface area contributed by atoms with Crippen LogP contribution in [0.5, 0.6) is 5.75 Å². The van der Waals surface area contributed by atoms with Gasteiger partial charge in [-0.25, -0.2) is 4.79 Å². The first-order valence-corrected chi connectivity index (χ1v) is 13.1. The Kier molecular flexibility index (Phi) is 7.05. The lowest BCUT2D eigenvalue weighted by Crippen LogP contribution is -2.51. The summed E-state index contributed by atoms with van der Waals surface area (Å²) in [4.78, 5) is 23.2. The van der Waals surface area contributed by atoms with Gasteiger partial charge in [0.15, 0.2) is 0 Å². The Labute approximate surface area is 213 Å². The molecule has 0 spiro atoms. The minimum atomic E-state index is -0.993. The lowest BCUT2D eigenvalue weighted by molar-refractivity contribution is -0.149. The molecule has 0 saturated heterocycles. The lowest BCUT2D eigenvalue weighted by atomic mass is 9.46. The molecule has 188 valence electrons. The zero-order chi connectivity index (χ0) is 25.1. The molecule has 4 aliphatic rings. The monoisotopic (exact) mass is 486 g/mol. The SMILES string of the molecule is CC(=O)OCC(CCOc1ccccc1C#Cc1ccccc1C(=O)O)C12CC3CC(CC(C3)C1)C2. The maximum Gasteiger partial charge on any atom is 0.336 e. The van der Waals surface area contributed by atoms with Gasteiger partial charge in [0.05, 0.1) is 24.3 Å². The molecule has 1 unspecified atom stereocenters. The number of hydrogen-bond donors (Lipinski definition) is 1. The van der Waals surface area contributed by atoms with Crippen LogP contribution in [0.15, 0.2) is 48.5 Å². The van der Waals surface area contributed by atoms with E-state index in [1.807, 2.05) is 24.3 Å². The zero-order valence-electron chi connectivity index (χ0n) is 20.9. The summed E-state index contributed by atoms with van der Waals surface area (Å²) >= 11 is 0. The normalized spacial score (nSPS) is 26.5. The number of carboxylic acids is 1. The van der Waals surface area contributed by atoms with Gasteiger partial charge >= 0.3 is 11.9 Å². The van der Waals surface area contributed by atoms with Crippen LogP contribution in [0.3, 0.4) is 0 Å². The van der Waals surface area contributed by atoms with Crippen molar-refractivity contribution in [3.05, 3.63) is 65.2 Å². The highest BCUT2D eigenvalue weighted by atomic mass is 16.5. The van der Waals surface area contributed by atoms with Crippen molar-refractivity contribution in [1.29, 1.82) is 0 Å². The van der Waals surface area contributed by atoms with E-state index < -0.39 is 5.97 Å². The predicted molar refractivity (Wildman–Crippen MR) is 137 cm³/mol. The van der Waals surface area contributed by atoms with E-state index in [1.165, 1.54) is 45.4 Å². The molecule has 4 bridgehead atoms. The highest BCUT2D eigenvalue weighted by Gasteiger charge is 2.54. The van der Waals surface area contributed by atoms with Crippen molar-refractivity contribution in [2.45, 2.75) is 51.9 Å². The van der Waals surface area contributed by atoms with Crippen LogP contribution in [0.1, 0.15) is 73.4 Å². The third-order valence-corrected chi connectivity index (χ3v) is 8.54. The van der Waals surface area contributed by atoms with Crippen LogP contribution >= 0.6 is 0 Å². The zero-order valence-corrected chi connectivity index (χ0v) is 20.9. The third-order valence-electron chi connectivity index (χ3n) is 8.54. The second-order valence-electron chi connectivity index (χ2n) is 11.0. The minimum absolute atomic E-state index is 0.187. The van der Waals surface area contributed by atoms with E-state index in [0.29, 0.717) is 30.4 Å². The number of ether oxygens (including phenoxy) is 2. The van der Waals surface area contributed by atoms with E-state index in [9.17, 15) is 14.7 Å². The molecule has 0 aromatic heterocycles. The van der Waals surface area contributed by atoms with E-state index in [2.05, 4.69) is 11.8 Å². The number of aromatic carboxylic acids is 1. The van der Waals surface area contributed by atoms with Crippen molar-refractivity contribution in [3.63, 3.8) is 0 Å². The van der Waals surface area contributed by atoms with Gasteiger partial charge in [0, 0.05) is 18.4 Å². The summed E-state index contributed by atoms with van der Waals surface area (Å²) in [5.41, 5.74) is 1.66. The fourth-order valence-electron chi connectivity index (χ4n) is 7.38. The largest absolute Gasteiger partial charge is 0.492 e. The van der Waals surface area contributed by atoms with Crippen LogP contribution < -0.4 is 4.74 Å². The second kappa shape index (κ2) is 10.4. The summed E-state index contributed by atoms with van der Waals surface area (Å²) in [5, 5.41) is 9.43. The molecule has 0 heterocycles. The van der Waals surface area contributed by atoms with Crippen LogP contribution in [0.25, 0.3) is 0 Å². The molecule has 2 aromatic rings. The average Bonchev–Trinajstić information content (AvgIpc) is 2.84. The smallest absolute Gasteiger partial charge is 0.336 e. The number of hydrogen-bond acceptors (Lipinski definition) is 4. The highest BCUT2D eigenvalue weighted by molar-refractivity contribution is 5.90. The average molecular weight is 487 g/mol. The van der Waals surface area contributed by atoms with Crippen molar-refractivity contribution in [3.8, 4) is 17.6 Å². The summed E-state index contributed by atoms with van der Waals surface area (Å²) < 4.78 is 11.8. The Balaban J connectivity index is 1.29.